The van der Waals surface area contributed by atoms with Crippen molar-refractivity contribution in [2.24, 2.45) is 11.8 Å². The SMILES string of the molecule is COCCCNC(=O)[C@H]1[C@H]2C=C[C@@]3(CN(CCc4c[nH]c5ccccc45)C(=O)[C@@H]13)O2. The third-order valence-electron chi connectivity index (χ3n) is 6.63. The van der Waals surface area contributed by atoms with Crippen molar-refractivity contribution < 1.29 is 19.1 Å². The maximum Gasteiger partial charge on any atom is 0.230 e. The van der Waals surface area contributed by atoms with Gasteiger partial charge in [-0.2, -0.15) is 0 Å². The summed E-state index contributed by atoms with van der Waals surface area (Å²) in [7, 11) is 1.64. The summed E-state index contributed by atoms with van der Waals surface area (Å²) in [6.07, 6.45) is 7.17. The zero-order chi connectivity index (χ0) is 20.7. The average Bonchev–Trinajstić information content (AvgIpc) is 3.49. The maximum absolute atomic E-state index is 13.3. The summed E-state index contributed by atoms with van der Waals surface area (Å²) < 4.78 is 11.2. The lowest BCUT2D eigenvalue weighted by Gasteiger charge is -2.23. The molecule has 2 saturated heterocycles. The van der Waals surface area contributed by atoms with Crippen LogP contribution in [0.2, 0.25) is 0 Å². The molecule has 2 N–H and O–H groups in total. The number of ether oxygens (including phenoxy) is 2. The van der Waals surface area contributed by atoms with Crippen molar-refractivity contribution in [2.45, 2.75) is 24.5 Å². The van der Waals surface area contributed by atoms with Gasteiger partial charge in [-0.05, 0) is 24.5 Å². The van der Waals surface area contributed by atoms with Gasteiger partial charge in [0, 0.05) is 43.9 Å². The number of H-pyrrole nitrogens is 1. The molecule has 2 amide bonds. The molecule has 0 unspecified atom stereocenters. The Morgan fingerprint density at radius 3 is 3.13 bits per heavy atom. The van der Waals surface area contributed by atoms with Crippen molar-refractivity contribution in [3.63, 3.8) is 0 Å². The van der Waals surface area contributed by atoms with E-state index in [2.05, 4.69) is 22.4 Å². The quantitative estimate of drug-likeness (QED) is 0.513. The van der Waals surface area contributed by atoms with E-state index < -0.39 is 17.4 Å². The van der Waals surface area contributed by atoms with Crippen molar-refractivity contribution in [1.82, 2.24) is 15.2 Å². The number of benzene rings is 1. The third-order valence-corrected chi connectivity index (χ3v) is 6.63. The highest BCUT2D eigenvalue weighted by Crippen LogP contribution is 2.51. The van der Waals surface area contributed by atoms with Crippen molar-refractivity contribution in [3.8, 4) is 0 Å². The highest BCUT2D eigenvalue weighted by atomic mass is 16.5. The number of methoxy groups -OCH3 is 1. The van der Waals surface area contributed by atoms with Gasteiger partial charge in [0.05, 0.1) is 24.5 Å². The van der Waals surface area contributed by atoms with Crippen LogP contribution in [0.3, 0.4) is 0 Å². The van der Waals surface area contributed by atoms with Gasteiger partial charge in [0.25, 0.3) is 0 Å². The van der Waals surface area contributed by atoms with Crippen LogP contribution < -0.4 is 5.32 Å². The molecule has 1 aromatic heterocycles. The maximum atomic E-state index is 13.3. The Balaban J connectivity index is 1.27. The number of hydrogen-bond acceptors (Lipinski definition) is 4. The van der Waals surface area contributed by atoms with Crippen LogP contribution in [0.5, 0.6) is 0 Å². The first-order chi connectivity index (χ1) is 14.6. The second kappa shape index (κ2) is 7.56. The van der Waals surface area contributed by atoms with Crippen LogP contribution in [-0.2, 0) is 25.5 Å². The van der Waals surface area contributed by atoms with E-state index in [1.54, 1.807) is 7.11 Å². The summed E-state index contributed by atoms with van der Waals surface area (Å²) in [4.78, 5) is 31.3. The largest absolute Gasteiger partial charge is 0.385 e. The molecular weight excluding hydrogens is 382 g/mol. The van der Waals surface area contributed by atoms with Crippen LogP contribution in [0.1, 0.15) is 12.0 Å². The normalized spacial score (nSPS) is 29.2. The number of para-hydroxylation sites is 1. The molecule has 3 aliphatic heterocycles. The Labute approximate surface area is 175 Å². The van der Waals surface area contributed by atoms with Crippen molar-refractivity contribution in [1.29, 1.82) is 0 Å². The molecule has 1 aromatic carbocycles. The Kier molecular flexibility index (Phi) is 4.87. The zero-order valence-corrected chi connectivity index (χ0v) is 17.1. The standard InChI is InChI=1S/C23H27N3O4/c1-29-12-4-10-24-21(27)19-18-7-9-23(30-18)14-26(22(28)20(19)23)11-8-15-13-25-17-6-3-2-5-16(15)17/h2-3,5-7,9,13,18-20,25H,4,8,10-12,14H2,1H3,(H,24,27)/t18-,19+,20-,23+/m1/s1. The number of rotatable bonds is 8. The monoisotopic (exact) mass is 409 g/mol. The number of aromatic nitrogens is 1. The molecule has 7 heteroatoms. The van der Waals surface area contributed by atoms with Gasteiger partial charge in [0.2, 0.25) is 11.8 Å². The van der Waals surface area contributed by atoms with Crippen molar-refractivity contribution >= 4 is 22.7 Å². The topological polar surface area (TPSA) is 83.7 Å². The zero-order valence-electron chi connectivity index (χ0n) is 17.1. The number of hydrogen-bond donors (Lipinski definition) is 2. The molecule has 7 nitrogen and oxygen atoms in total. The van der Waals surface area contributed by atoms with E-state index in [0.29, 0.717) is 26.2 Å². The number of aromatic amines is 1. The molecular formula is C23H27N3O4. The van der Waals surface area contributed by atoms with Gasteiger partial charge in [-0.15, -0.1) is 0 Å². The molecule has 4 atom stereocenters. The number of carbonyl (C=O) groups is 2. The van der Waals surface area contributed by atoms with Gasteiger partial charge in [-0.1, -0.05) is 30.4 Å². The minimum absolute atomic E-state index is 0.0266. The molecule has 0 saturated carbocycles. The van der Waals surface area contributed by atoms with Gasteiger partial charge < -0.3 is 24.7 Å². The fourth-order valence-electron chi connectivity index (χ4n) is 5.21. The molecule has 2 fully saturated rings. The molecule has 3 aliphatic rings. The minimum atomic E-state index is -0.656. The van der Waals surface area contributed by atoms with Gasteiger partial charge >= 0.3 is 0 Å². The molecule has 1 spiro atoms. The highest BCUT2D eigenvalue weighted by molar-refractivity contribution is 5.93. The van der Waals surface area contributed by atoms with E-state index in [-0.39, 0.29) is 17.9 Å². The molecule has 5 rings (SSSR count). The van der Waals surface area contributed by atoms with Crippen LogP contribution in [0.25, 0.3) is 10.9 Å². The second-order valence-electron chi connectivity index (χ2n) is 8.41. The van der Waals surface area contributed by atoms with E-state index in [1.807, 2.05) is 35.4 Å². The lowest BCUT2D eigenvalue weighted by atomic mass is 9.77. The molecule has 4 heterocycles. The molecule has 0 radical (unpaired) electrons. The van der Waals surface area contributed by atoms with Crippen molar-refractivity contribution in [2.75, 3.05) is 33.4 Å². The summed E-state index contributed by atoms with van der Waals surface area (Å²) in [5, 5.41) is 4.14. The predicted molar refractivity (Wildman–Crippen MR) is 112 cm³/mol. The van der Waals surface area contributed by atoms with Crippen molar-refractivity contribution in [3.05, 3.63) is 48.2 Å². The van der Waals surface area contributed by atoms with Crippen LogP contribution in [0, 0.1) is 11.8 Å². The van der Waals surface area contributed by atoms with E-state index in [0.717, 1.165) is 18.4 Å². The first-order valence-corrected chi connectivity index (χ1v) is 10.6. The number of fused-ring (bicyclic) bond motifs is 2. The van der Waals surface area contributed by atoms with Gasteiger partial charge in [0.15, 0.2) is 0 Å². The number of carbonyl (C=O) groups excluding carboxylic acids is 2. The van der Waals surface area contributed by atoms with Crippen LogP contribution in [-0.4, -0.2) is 66.8 Å². The minimum Gasteiger partial charge on any atom is -0.385 e. The average molecular weight is 409 g/mol. The summed E-state index contributed by atoms with van der Waals surface area (Å²) >= 11 is 0. The van der Waals surface area contributed by atoms with Gasteiger partial charge in [0.1, 0.15) is 5.60 Å². The van der Waals surface area contributed by atoms with Crippen LogP contribution >= 0.6 is 0 Å². The fourth-order valence-corrected chi connectivity index (χ4v) is 5.21. The number of likely N-dealkylation sites (tertiary alicyclic amines) is 1. The molecule has 158 valence electrons. The smallest absolute Gasteiger partial charge is 0.230 e. The highest BCUT2D eigenvalue weighted by Gasteiger charge is 2.66. The first-order valence-electron chi connectivity index (χ1n) is 10.6. The van der Waals surface area contributed by atoms with E-state index in [4.69, 9.17) is 9.47 Å². The number of amides is 2. The molecule has 0 aliphatic carbocycles. The summed E-state index contributed by atoms with van der Waals surface area (Å²) in [6, 6.07) is 8.18. The number of nitrogens with one attached hydrogen (secondary N) is 2. The Morgan fingerprint density at radius 2 is 2.27 bits per heavy atom. The second-order valence-corrected chi connectivity index (χ2v) is 8.41. The molecule has 2 bridgehead atoms. The van der Waals surface area contributed by atoms with Gasteiger partial charge in [-0.25, -0.2) is 0 Å². The van der Waals surface area contributed by atoms with E-state index >= 15 is 0 Å². The Morgan fingerprint density at radius 1 is 1.40 bits per heavy atom. The van der Waals surface area contributed by atoms with E-state index in [1.165, 1.54) is 10.9 Å². The van der Waals surface area contributed by atoms with Crippen LogP contribution in [0.4, 0.5) is 0 Å². The lowest BCUT2D eigenvalue weighted by Crippen LogP contribution is -2.44. The molecule has 2 aromatic rings. The summed E-state index contributed by atoms with van der Waals surface area (Å²) in [5.74, 6) is -0.959. The lowest BCUT2D eigenvalue weighted by molar-refractivity contribution is -0.137. The molecule has 30 heavy (non-hydrogen) atoms. The summed E-state index contributed by atoms with van der Waals surface area (Å²) in [6.45, 7) is 2.26. The third kappa shape index (κ3) is 3.04. The number of nitrogens with zero attached hydrogens (tertiary/aromatic N) is 1. The van der Waals surface area contributed by atoms with Crippen LogP contribution in [0.15, 0.2) is 42.6 Å². The van der Waals surface area contributed by atoms with Gasteiger partial charge in [-0.3, -0.25) is 9.59 Å². The predicted octanol–water partition coefficient (Wildman–Crippen LogP) is 1.65. The Bertz CT molecular complexity index is 999. The van der Waals surface area contributed by atoms with E-state index in [9.17, 15) is 9.59 Å². The fraction of sp³-hybridized carbons (Fsp3) is 0.478. The Hall–Kier alpha value is -2.64. The summed E-state index contributed by atoms with van der Waals surface area (Å²) in [5.41, 5.74) is 1.64. The first kappa shape index (κ1) is 19.3.